The maximum Gasteiger partial charge on any atom is 0.266 e. The number of thiazole rings is 1. The molecule has 0 aliphatic rings. The third-order valence-corrected chi connectivity index (χ3v) is 6.64. The van der Waals surface area contributed by atoms with Crippen LogP contribution in [0.2, 0.25) is 0 Å². The fourth-order valence-electron chi connectivity index (χ4n) is 2.63. The summed E-state index contributed by atoms with van der Waals surface area (Å²) in [6.45, 7) is 0.210. The van der Waals surface area contributed by atoms with Crippen molar-refractivity contribution in [2.45, 2.75) is 11.4 Å². The molecule has 2 aromatic heterocycles. The van der Waals surface area contributed by atoms with Crippen molar-refractivity contribution in [3.63, 3.8) is 0 Å². The molecule has 2 aromatic carbocycles. The third kappa shape index (κ3) is 3.62. The van der Waals surface area contributed by atoms with E-state index in [-0.39, 0.29) is 11.4 Å². The predicted octanol–water partition coefficient (Wildman–Crippen LogP) is 4.19. The molecule has 0 radical (unpaired) electrons. The lowest BCUT2D eigenvalue weighted by Crippen LogP contribution is -2.30. The standard InChI is InChI=1S/C19H15N3O3S2/c23-27(24,17-8-6-16(7-9-17)18-10-12-25-21-18)22(19-20-11-13-26-19)14-15-4-2-1-3-5-15/h1-13H,14H2. The predicted molar refractivity (Wildman–Crippen MR) is 104 cm³/mol. The van der Waals surface area contributed by atoms with E-state index in [1.807, 2.05) is 30.3 Å². The Balaban J connectivity index is 1.70. The molecule has 0 atom stereocenters. The van der Waals surface area contributed by atoms with Crippen molar-refractivity contribution in [1.29, 1.82) is 0 Å². The number of aromatic nitrogens is 2. The smallest absolute Gasteiger partial charge is 0.266 e. The minimum atomic E-state index is -3.77. The van der Waals surface area contributed by atoms with Gasteiger partial charge in [-0.15, -0.1) is 11.3 Å². The van der Waals surface area contributed by atoms with E-state index in [9.17, 15) is 8.42 Å². The van der Waals surface area contributed by atoms with Crippen LogP contribution in [0.3, 0.4) is 0 Å². The van der Waals surface area contributed by atoms with E-state index < -0.39 is 10.0 Å². The fraction of sp³-hybridized carbons (Fsp3) is 0.0526. The monoisotopic (exact) mass is 397 g/mol. The molecule has 27 heavy (non-hydrogen) atoms. The molecule has 0 saturated carbocycles. The molecule has 0 spiro atoms. The number of sulfonamides is 1. The Bertz CT molecular complexity index is 1090. The van der Waals surface area contributed by atoms with Gasteiger partial charge in [0.15, 0.2) is 5.13 Å². The first-order valence-electron chi connectivity index (χ1n) is 8.11. The Labute approximate surface area is 160 Å². The van der Waals surface area contributed by atoms with Gasteiger partial charge in [0, 0.05) is 23.2 Å². The van der Waals surface area contributed by atoms with Crippen LogP contribution in [0.4, 0.5) is 5.13 Å². The average Bonchev–Trinajstić information content (AvgIpc) is 3.41. The molecule has 0 N–H and O–H groups in total. The van der Waals surface area contributed by atoms with Gasteiger partial charge in [0.2, 0.25) is 0 Å². The highest BCUT2D eigenvalue weighted by atomic mass is 32.2. The van der Waals surface area contributed by atoms with Crippen LogP contribution < -0.4 is 4.31 Å². The second kappa shape index (κ2) is 7.34. The second-order valence-corrected chi connectivity index (χ2v) is 8.46. The van der Waals surface area contributed by atoms with E-state index >= 15 is 0 Å². The molecular formula is C19H15N3O3S2. The van der Waals surface area contributed by atoms with Crippen LogP contribution in [0.5, 0.6) is 0 Å². The van der Waals surface area contributed by atoms with E-state index in [0.29, 0.717) is 10.8 Å². The van der Waals surface area contributed by atoms with Crippen LogP contribution in [0.25, 0.3) is 11.3 Å². The van der Waals surface area contributed by atoms with E-state index in [2.05, 4.69) is 10.1 Å². The average molecular weight is 397 g/mol. The summed E-state index contributed by atoms with van der Waals surface area (Å²) in [6.07, 6.45) is 3.07. The van der Waals surface area contributed by atoms with Crippen molar-refractivity contribution in [1.82, 2.24) is 10.1 Å². The lowest BCUT2D eigenvalue weighted by Gasteiger charge is -2.22. The van der Waals surface area contributed by atoms with Crippen molar-refractivity contribution < 1.29 is 12.9 Å². The molecule has 2 heterocycles. The van der Waals surface area contributed by atoms with Gasteiger partial charge in [-0.1, -0.05) is 47.6 Å². The molecule has 0 aliphatic heterocycles. The van der Waals surface area contributed by atoms with E-state index in [1.54, 1.807) is 41.9 Å². The van der Waals surface area contributed by atoms with Crippen LogP contribution in [-0.4, -0.2) is 18.6 Å². The van der Waals surface area contributed by atoms with Gasteiger partial charge in [-0.25, -0.2) is 17.7 Å². The summed E-state index contributed by atoms with van der Waals surface area (Å²) < 4.78 is 32.8. The molecule has 4 aromatic rings. The molecule has 0 saturated heterocycles. The Kier molecular flexibility index (Phi) is 4.74. The first-order chi connectivity index (χ1) is 13.1. The lowest BCUT2D eigenvalue weighted by atomic mass is 10.2. The number of rotatable bonds is 6. The molecule has 136 valence electrons. The van der Waals surface area contributed by atoms with Crippen LogP contribution >= 0.6 is 11.3 Å². The van der Waals surface area contributed by atoms with E-state index in [4.69, 9.17) is 4.52 Å². The maximum absolute atomic E-state index is 13.3. The third-order valence-electron chi connectivity index (χ3n) is 3.98. The highest BCUT2D eigenvalue weighted by Crippen LogP contribution is 2.28. The van der Waals surface area contributed by atoms with E-state index in [0.717, 1.165) is 11.1 Å². The Hall–Kier alpha value is -2.97. The zero-order valence-electron chi connectivity index (χ0n) is 14.1. The summed E-state index contributed by atoms with van der Waals surface area (Å²) in [4.78, 5) is 4.40. The van der Waals surface area contributed by atoms with Gasteiger partial charge in [-0.3, -0.25) is 0 Å². The Morgan fingerprint density at radius 1 is 1.00 bits per heavy atom. The molecule has 0 bridgehead atoms. The van der Waals surface area contributed by atoms with Gasteiger partial charge < -0.3 is 4.52 Å². The second-order valence-electron chi connectivity index (χ2n) is 5.72. The van der Waals surface area contributed by atoms with Crippen molar-refractivity contribution in [3.05, 3.63) is 84.1 Å². The zero-order chi connectivity index (χ0) is 18.7. The normalized spacial score (nSPS) is 11.4. The molecule has 4 rings (SSSR count). The van der Waals surface area contributed by atoms with Gasteiger partial charge in [0.05, 0.1) is 11.4 Å². The zero-order valence-corrected chi connectivity index (χ0v) is 15.7. The number of nitrogens with zero attached hydrogens (tertiary/aromatic N) is 3. The van der Waals surface area contributed by atoms with Gasteiger partial charge in [0.1, 0.15) is 12.0 Å². The van der Waals surface area contributed by atoms with Crippen LogP contribution in [0.1, 0.15) is 5.56 Å². The van der Waals surface area contributed by atoms with Crippen molar-refractivity contribution >= 4 is 26.5 Å². The SMILES string of the molecule is O=S(=O)(c1ccc(-c2ccon2)cc1)N(Cc1ccccc1)c1nccs1. The Morgan fingerprint density at radius 3 is 2.41 bits per heavy atom. The molecule has 8 heteroatoms. The van der Waals surface area contributed by atoms with Gasteiger partial charge in [-0.2, -0.15) is 0 Å². The van der Waals surface area contributed by atoms with Crippen molar-refractivity contribution in [3.8, 4) is 11.3 Å². The van der Waals surface area contributed by atoms with Gasteiger partial charge in [-0.05, 0) is 17.7 Å². The highest BCUT2D eigenvalue weighted by Gasteiger charge is 2.27. The van der Waals surface area contributed by atoms with Crippen LogP contribution in [0.15, 0.2) is 87.9 Å². The molecule has 6 nitrogen and oxygen atoms in total. The van der Waals surface area contributed by atoms with Crippen LogP contribution in [0, 0.1) is 0 Å². The highest BCUT2D eigenvalue weighted by molar-refractivity contribution is 7.93. The number of hydrogen-bond acceptors (Lipinski definition) is 6. The number of benzene rings is 2. The first kappa shape index (κ1) is 17.4. The quantitative estimate of drug-likeness (QED) is 0.487. The summed E-state index contributed by atoms with van der Waals surface area (Å²) in [5, 5.41) is 6.06. The summed E-state index contributed by atoms with van der Waals surface area (Å²) in [6, 6.07) is 17.8. The summed E-state index contributed by atoms with van der Waals surface area (Å²) in [5.74, 6) is 0. The molecule has 0 fully saturated rings. The molecule has 0 aliphatic carbocycles. The topological polar surface area (TPSA) is 76.3 Å². The van der Waals surface area contributed by atoms with Gasteiger partial charge in [0.25, 0.3) is 10.0 Å². The van der Waals surface area contributed by atoms with Crippen LogP contribution in [-0.2, 0) is 16.6 Å². The molecule has 0 amide bonds. The first-order valence-corrected chi connectivity index (χ1v) is 10.4. The number of anilines is 1. The maximum atomic E-state index is 13.3. The largest absolute Gasteiger partial charge is 0.364 e. The Morgan fingerprint density at radius 2 is 1.78 bits per heavy atom. The summed E-state index contributed by atoms with van der Waals surface area (Å²) >= 11 is 1.29. The van der Waals surface area contributed by atoms with Crippen molar-refractivity contribution in [2.24, 2.45) is 0 Å². The minimum absolute atomic E-state index is 0.195. The minimum Gasteiger partial charge on any atom is -0.364 e. The summed E-state index contributed by atoms with van der Waals surface area (Å²) in [7, 11) is -3.77. The fourth-order valence-corrected chi connectivity index (χ4v) is 4.91. The number of hydrogen-bond donors (Lipinski definition) is 0. The molecular weight excluding hydrogens is 382 g/mol. The molecule has 0 unspecified atom stereocenters. The van der Waals surface area contributed by atoms with Gasteiger partial charge >= 0.3 is 0 Å². The van der Waals surface area contributed by atoms with E-state index in [1.165, 1.54) is 21.9 Å². The van der Waals surface area contributed by atoms with Crippen molar-refractivity contribution in [2.75, 3.05) is 4.31 Å². The lowest BCUT2D eigenvalue weighted by molar-refractivity contribution is 0.422. The summed E-state index contributed by atoms with van der Waals surface area (Å²) in [5.41, 5.74) is 2.32.